The van der Waals surface area contributed by atoms with E-state index >= 15 is 0 Å². The maximum Gasteiger partial charge on any atom is 0.0759 e. The number of hydrogen-bond donors (Lipinski definition) is 1. The summed E-state index contributed by atoms with van der Waals surface area (Å²) in [6, 6.07) is 10.6. The molecular weight excluding hydrogens is 278 g/mol. The van der Waals surface area contributed by atoms with Gasteiger partial charge in [0.2, 0.25) is 0 Å². The van der Waals surface area contributed by atoms with E-state index in [-0.39, 0.29) is 6.04 Å². The number of nitrogens with one attached hydrogen (secondary N) is 1. The van der Waals surface area contributed by atoms with Crippen LogP contribution in [-0.4, -0.2) is 16.3 Å². The Morgan fingerprint density at radius 2 is 2.06 bits per heavy atom. The normalized spacial score (nSPS) is 12.6. The van der Waals surface area contributed by atoms with Crippen LogP contribution < -0.4 is 5.32 Å². The second kappa shape index (κ2) is 5.47. The van der Waals surface area contributed by atoms with E-state index in [1.54, 1.807) is 0 Å². The van der Waals surface area contributed by atoms with E-state index in [2.05, 4.69) is 57.5 Å². The van der Waals surface area contributed by atoms with Crippen molar-refractivity contribution in [1.29, 1.82) is 0 Å². The summed E-state index contributed by atoms with van der Waals surface area (Å²) < 4.78 is 2.94. The van der Waals surface area contributed by atoms with Crippen LogP contribution in [0.15, 0.2) is 41.0 Å². The van der Waals surface area contributed by atoms with Crippen LogP contribution in [0.5, 0.6) is 0 Å². The lowest BCUT2D eigenvalue weighted by Gasteiger charge is -2.19. The van der Waals surface area contributed by atoms with Crippen LogP contribution in [0.1, 0.15) is 24.2 Å². The fourth-order valence-corrected chi connectivity index (χ4v) is 2.54. The Kier molecular flexibility index (Phi) is 3.97. The van der Waals surface area contributed by atoms with Gasteiger partial charge in [0.15, 0.2) is 0 Å². The highest BCUT2D eigenvalue weighted by molar-refractivity contribution is 9.10. The predicted octanol–water partition coefficient (Wildman–Crippen LogP) is 2.88. The van der Waals surface area contributed by atoms with Gasteiger partial charge in [-0.05, 0) is 28.0 Å². The monoisotopic (exact) mass is 293 g/mol. The zero-order chi connectivity index (χ0) is 12.3. The Morgan fingerprint density at radius 1 is 1.35 bits per heavy atom. The van der Waals surface area contributed by atoms with Crippen LogP contribution in [-0.2, 0) is 7.05 Å². The first-order valence-corrected chi connectivity index (χ1v) is 6.49. The van der Waals surface area contributed by atoms with Crippen molar-refractivity contribution < 1.29 is 0 Å². The average Bonchev–Trinajstić information content (AvgIpc) is 2.68. The number of rotatable bonds is 4. The molecule has 1 heterocycles. The van der Waals surface area contributed by atoms with Gasteiger partial charge in [0, 0.05) is 7.05 Å². The molecule has 3 nitrogen and oxygen atoms in total. The molecule has 17 heavy (non-hydrogen) atoms. The van der Waals surface area contributed by atoms with Crippen molar-refractivity contribution in [2.75, 3.05) is 6.54 Å². The minimum Gasteiger partial charge on any atom is -0.305 e. The molecule has 2 rings (SSSR count). The Bertz CT molecular complexity index is 459. The lowest BCUT2D eigenvalue weighted by atomic mass is 10.0. The zero-order valence-electron chi connectivity index (χ0n) is 10.0. The third-order valence-corrected chi connectivity index (χ3v) is 3.36. The lowest BCUT2D eigenvalue weighted by Crippen LogP contribution is -2.24. The molecule has 0 saturated carbocycles. The Labute approximate surface area is 110 Å². The molecule has 90 valence electrons. The summed E-state index contributed by atoms with van der Waals surface area (Å²) in [4.78, 5) is 0. The van der Waals surface area contributed by atoms with Gasteiger partial charge >= 0.3 is 0 Å². The summed E-state index contributed by atoms with van der Waals surface area (Å²) in [6.07, 6.45) is 1.84. The molecule has 0 aliphatic carbocycles. The van der Waals surface area contributed by atoms with Gasteiger partial charge in [0.05, 0.1) is 22.4 Å². The second-order valence-electron chi connectivity index (χ2n) is 3.90. The van der Waals surface area contributed by atoms with Gasteiger partial charge in [0.1, 0.15) is 0 Å². The molecule has 0 bridgehead atoms. The molecule has 0 amide bonds. The molecule has 1 N–H and O–H groups in total. The summed E-state index contributed by atoms with van der Waals surface area (Å²) in [5.41, 5.74) is 2.40. The van der Waals surface area contributed by atoms with Gasteiger partial charge < -0.3 is 5.32 Å². The molecule has 0 fully saturated rings. The summed E-state index contributed by atoms with van der Waals surface area (Å²) in [7, 11) is 1.97. The van der Waals surface area contributed by atoms with Crippen LogP contribution in [0, 0.1) is 0 Å². The molecule has 0 aliphatic rings. The first-order valence-electron chi connectivity index (χ1n) is 5.69. The summed E-state index contributed by atoms with van der Waals surface area (Å²) in [5, 5.41) is 7.77. The van der Waals surface area contributed by atoms with E-state index in [9.17, 15) is 0 Å². The Hall–Kier alpha value is -1.13. The minimum absolute atomic E-state index is 0.170. The maximum atomic E-state index is 4.27. The number of aryl methyl sites for hydroxylation is 1. The van der Waals surface area contributed by atoms with Crippen molar-refractivity contribution in [2.45, 2.75) is 13.0 Å². The van der Waals surface area contributed by atoms with Crippen LogP contribution in [0.3, 0.4) is 0 Å². The minimum atomic E-state index is 0.170. The van der Waals surface area contributed by atoms with Gasteiger partial charge in [-0.1, -0.05) is 37.3 Å². The van der Waals surface area contributed by atoms with E-state index in [4.69, 9.17) is 0 Å². The van der Waals surface area contributed by atoms with Crippen molar-refractivity contribution >= 4 is 15.9 Å². The SMILES string of the molecule is CCNC(c1ccccc1)c1c(Br)cnn1C. The van der Waals surface area contributed by atoms with Crippen molar-refractivity contribution in [3.8, 4) is 0 Å². The van der Waals surface area contributed by atoms with Crippen molar-refractivity contribution in [3.63, 3.8) is 0 Å². The first-order chi connectivity index (χ1) is 8.24. The third kappa shape index (κ3) is 2.58. The fraction of sp³-hybridized carbons (Fsp3) is 0.308. The molecule has 1 aromatic heterocycles. The number of nitrogens with zero attached hydrogens (tertiary/aromatic N) is 2. The van der Waals surface area contributed by atoms with Gasteiger partial charge in [-0.15, -0.1) is 0 Å². The van der Waals surface area contributed by atoms with Crippen molar-refractivity contribution in [1.82, 2.24) is 15.1 Å². The summed E-state index contributed by atoms with van der Waals surface area (Å²) in [6.45, 7) is 3.03. The van der Waals surface area contributed by atoms with Gasteiger partial charge in [-0.3, -0.25) is 4.68 Å². The van der Waals surface area contributed by atoms with Gasteiger partial charge in [0.25, 0.3) is 0 Å². The topological polar surface area (TPSA) is 29.9 Å². The van der Waals surface area contributed by atoms with Gasteiger partial charge in [-0.25, -0.2) is 0 Å². The van der Waals surface area contributed by atoms with Crippen molar-refractivity contribution in [2.24, 2.45) is 7.05 Å². The highest BCUT2D eigenvalue weighted by Crippen LogP contribution is 2.27. The highest BCUT2D eigenvalue weighted by atomic mass is 79.9. The van der Waals surface area contributed by atoms with Crippen LogP contribution in [0.4, 0.5) is 0 Å². The molecule has 2 aromatic rings. The molecule has 4 heteroatoms. The van der Waals surface area contributed by atoms with Crippen molar-refractivity contribution in [3.05, 3.63) is 52.3 Å². The molecule has 1 aromatic carbocycles. The third-order valence-electron chi connectivity index (χ3n) is 2.75. The molecule has 0 spiro atoms. The smallest absolute Gasteiger partial charge is 0.0759 e. The van der Waals surface area contributed by atoms with Crippen LogP contribution in [0.25, 0.3) is 0 Å². The maximum absolute atomic E-state index is 4.27. The van der Waals surface area contributed by atoms with E-state index < -0.39 is 0 Å². The predicted molar refractivity (Wildman–Crippen MR) is 72.9 cm³/mol. The molecular formula is C13H16BrN3. The standard InChI is InChI=1S/C13H16BrN3/c1-3-15-12(10-7-5-4-6-8-10)13-11(14)9-16-17(13)2/h4-9,12,15H,3H2,1-2H3. The van der Waals surface area contributed by atoms with E-state index in [1.807, 2.05) is 24.0 Å². The first kappa shape index (κ1) is 12.3. The number of hydrogen-bond acceptors (Lipinski definition) is 2. The zero-order valence-corrected chi connectivity index (χ0v) is 11.6. The van der Waals surface area contributed by atoms with E-state index in [1.165, 1.54) is 5.56 Å². The second-order valence-corrected chi connectivity index (χ2v) is 4.76. The van der Waals surface area contributed by atoms with E-state index in [0.717, 1.165) is 16.7 Å². The Balaban J connectivity index is 2.43. The molecule has 0 radical (unpaired) electrons. The number of aromatic nitrogens is 2. The van der Waals surface area contributed by atoms with Gasteiger partial charge in [-0.2, -0.15) is 5.10 Å². The number of benzene rings is 1. The van der Waals surface area contributed by atoms with E-state index in [0.29, 0.717) is 0 Å². The molecule has 1 atom stereocenters. The summed E-state index contributed by atoms with van der Waals surface area (Å²) >= 11 is 3.56. The average molecular weight is 294 g/mol. The highest BCUT2D eigenvalue weighted by Gasteiger charge is 2.19. The fourth-order valence-electron chi connectivity index (χ4n) is 1.97. The number of halogens is 1. The van der Waals surface area contributed by atoms with Crippen LogP contribution >= 0.6 is 15.9 Å². The molecule has 1 unspecified atom stereocenters. The lowest BCUT2D eigenvalue weighted by molar-refractivity contribution is 0.571. The van der Waals surface area contributed by atoms with Crippen LogP contribution in [0.2, 0.25) is 0 Å². The Morgan fingerprint density at radius 3 is 2.59 bits per heavy atom. The molecule has 0 saturated heterocycles. The quantitative estimate of drug-likeness (QED) is 0.939. The largest absolute Gasteiger partial charge is 0.305 e. The molecule has 0 aliphatic heterocycles. The summed E-state index contributed by atoms with van der Waals surface area (Å²) in [5.74, 6) is 0.